The summed E-state index contributed by atoms with van der Waals surface area (Å²) in [4.78, 5) is 0. The highest BCUT2D eigenvalue weighted by Gasteiger charge is 2.59. The first kappa shape index (κ1) is 27.9. The van der Waals surface area contributed by atoms with Crippen LogP contribution in [0, 0.1) is 46.3 Å². The van der Waals surface area contributed by atoms with E-state index in [2.05, 4.69) is 40.7 Å². The maximum absolute atomic E-state index is 9.94. The van der Waals surface area contributed by atoms with Gasteiger partial charge in [-0.05, 0) is 104 Å². The van der Waals surface area contributed by atoms with E-state index in [0.29, 0.717) is 10.8 Å². The fraction of sp³-hybridized carbons (Fsp3) is 0.879. The fourth-order valence-electron chi connectivity index (χ4n) is 9.81. The van der Waals surface area contributed by atoms with Crippen molar-refractivity contribution in [3.8, 4) is 0 Å². The maximum Gasteiger partial charge on any atom is 0.177 e. The summed E-state index contributed by atoms with van der Waals surface area (Å²) in [6.07, 6.45) is 18.9. The van der Waals surface area contributed by atoms with Crippen molar-refractivity contribution in [2.24, 2.45) is 46.3 Å². The smallest absolute Gasteiger partial charge is 0.177 e. The lowest BCUT2D eigenvalue weighted by Crippen LogP contribution is -2.51. The molecular formula is C33H54O4. The van der Waals surface area contributed by atoms with E-state index < -0.39 is 18.5 Å². The SMILES string of the molecule is CC(C)CCC[C@@H](C)[C@H]1CC[C@H]2[C@@H]3CC=C4C[C@@H](O[C@H]5C=C[C@H](O)[C@@H](CO)O5)CC[C@]4(C)[C@H]3CC[C@]12C. The predicted octanol–water partition coefficient (Wildman–Crippen LogP) is 7.05. The number of aliphatic hydroxyl groups excluding tert-OH is 2. The van der Waals surface area contributed by atoms with Gasteiger partial charge < -0.3 is 19.7 Å². The number of rotatable bonds is 8. The van der Waals surface area contributed by atoms with E-state index in [1.807, 2.05) is 0 Å². The zero-order chi connectivity index (χ0) is 26.4. The zero-order valence-electron chi connectivity index (χ0n) is 24.2. The Morgan fingerprint density at radius 2 is 1.84 bits per heavy atom. The summed E-state index contributed by atoms with van der Waals surface area (Å²) in [6.45, 7) is 12.4. The van der Waals surface area contributed by atoms with Crippen molar-refractivity contribution in [3.05, 3.63) is 23.8 Å². The van der Waals surface area contributed by atoms with Crippen LogP contribution in [-0.2, 0) is 9.47 Å². The Morgan fingerprint density at radius 3 is 2.59 bits per heavy atom. The summed E-state index contributed by atoms with van der Waals surface area (Å²) in [5.74, 6) is 5.19. The lowest BCUT2D eigenvalue weighted by Gasteiger charge is -2.58. The molecule has 5 aliphatic rings. The van der Waals surface area contributed by atoms with Crippen LogP contribution in [0.15, 0.2) is 23.8 Å². The molecule has 1 aliphatic heterocycles. The molecule has 0 spiro atoms. The second-order valence-corrected chi connectivity index (χ2v) is 14.4. The third-order valence-corrected chi connectivity index (χ3v) is 11.9. The van der Waals surface area contributed by atoms with E-state index in [1.165, 1.54) is 57.8 Å². The highest BCUT2D eigenvalue weighted by atomic mass is 16.7. The standard InChI is InChI=1S/C33H54O4/c1-21(2)7-6-8-22(3)26-11-12-27-25-10-9-23-19-24(36-31-14-13-29(35)30(20-34)37-31)15-17-32(23,4)28(25)16-18-33(26,27)5/h9,13-14,21-22,24-31,34-35H,6-8,10-12,15-20H2,1-5H3/t22-,24+,25+,26-,27+,28+,29+,30-,31-,32+,33-/m1/s1. The van der Waals surface area contributed by atoms with E-state index in [0.717, 1.165) is 48.3 Å². The lowest BCUT2D eigenvalue weighted by molar-refractivity contribution is -0.203. The minimum atomic E-state index is -0.757. The Bertz CT molecular complexity index is 849. The third-order valence-electron chi connectivity index (χ3n) is 11.9. The van der Waals surface area contributed by atoms with Crippen LogP contribution in [-0.4, -0.2) is 41.4 Å². The molecule has 4 nitrogen and oxygen atoms in total. The van der Waals surface area contributed by atoms with Crippen LogP contribution in [0.1, 0.15) is 105 Å². The summed E-state index contributed by atoms with van der Waals surface area (Å²) in [7, 11) is 0. The van der Waals surface area contributed by atoms with Crippen LogP contribution in [0.2, 0.25) is 0 Å². The van der Waals surface area contributed by atoms with Crippen LogP contribution >= 0.6 is 0 Å². The van der Waals surface area contributed by atoms with Crippen LogP contribution in [0.25, 0.3) is 0 Å². The molecule has 0 aromatic carbocycles. The second kappa shape index (κ2) is 11.1. The minimum absolute atomic E-state index is 0.150. The molecule has 5 rings (SSSR count). The van der Waals surface area contributed by atoms with Gasteiger partial charge >= 0.3 is 0 Å². The molecule has 0 saturated heterocycles. The Labute approximate surface area is 226 Å². The first-order chi connectivity index (χ1) is 17.7. The molecule has 3 fully saturated rings. The Kier molecular flexibility index (Phi) is 8.33. The van der Waals surface area contributed by atoms with Crippen molar-refractivity contribution in [1.29, 1.82) is 0 Å². The molecule has 0 aromatic rings. The Morgan fingerprint density at radius 1 is 1.03 bits per heavy atom. The largest absolute Gasteiger partial charge is 0.394 e. The molecule has 37 heavy (non-hydrogen) atoms. The number of hydrogen-bond acceptors (Lipinski definition) is 4. The minimum Gasteiger partial charge on any atom is -0.394 e. The van der Waals surface area contributed by atoms with Crippen molar-refractivity contribution < 1.29 is 19.7 Å². The van der Waals surface area contributed by atoms with Crippen LogP contribution in [0.3, 0.4) is 0 Å². The van der Waals surface area contributed by atoms with E-state index in [4.69, 9.17) is 9.47 Å². The Balaban J connectivity index is 1.23. The van der Waals surface area contributed by atoms with Gasteiger partial charge in [0, 0.05) is 0 Å². The van der Waals surface area contributed by atoms with Gasteiger partial charge in [-0.3, -0.25) is 0 Å². The zero-order valence-corrected chi connectivity index (χ0v) is 24.2. The quantitative estimate of drug-likeness (QED) is 0.341. The fourth-order valence-corrected chi connectivity index (χ4v) is 9.81. The summed E-state index contributed by atoms with van der Waals surface area (Å²) in [5.41, 5.74) is 2.49. The second-order valence-electron chi connectivity index (χ2n) is 14.4. The molecule has 0 radical (unpaired) electrons. The van der Waals surface area contributed by atoms with Gasteiger partial charge in [0.2, 0.25) is 0 Å². The predicted molar refractivity (Wildman–Crippen MR) is 149 cm³/mol. The van der Waals surface area contributed by atoms with Gasteiger partial charge in [-0.2, -0.15) is 0 Å². The monoisotopic (exact) mass is 514 g/mol. The summed E-state index contributed by atoms with van der Waals surface area (Å²) < 4.78 is 12.1. The third kappa shape index (κ3) is 5.26. The van der Waals surface area contributed by atoms with Gasteiger partial charge in [0.1, 0.15) is 12.2 Å². The van der Waals surface area contributed by atoms with Gasteiger partial charge in [-0.15, -0.1) is 0 Å². The van der Waals surface area contributed by atoms with Crippen molar-refractivity contribution in [2.75, 3.05) is 6.61 Å². The Hall–Kier alpha value is -0.680. The maximum atomic E-state index is 9.94. The highest BCUT2D eigenvalue weighted by molar-refractivity contribution is 5.25. The summed E-state index contributed by atoms with van der Waals surface area (Å²) in [6, 6.07) is 0. The van der Waals surface area contributed by atoms with Crippen molar-refractivity contribution in [2.45, 2.75) is 130 Å². The lowest BCUT2D eigenvalue weighted by atomic mass is 9.47. The van der Waals surface area contributed by atoms with Crippen LogP contribution in [0.5, 0.6) is 0 Å². The number of aliphatic hydroxyl groups is 2. The van der Waals surface area contributed by atoms with Crippen molar-refractivity contribution >= 4 is 0 Å². The van der Waals surface area contributed by atoms with Gasteiger partial charge in [-0.1, -0.05) is 71.6 Å². The first-order valence-corrected chi connectivity index (χ1v) is 15.6. The number of ether oxygens (including phenoxy) is 2. The summed E-state index contributed by atoms with van der Waals surface area (Å²) in [5, 5.41) is 19.4. The van der Waals surface area contributed by atoms with Gasteiger partial charge in [-0.25, -0.2) is 0 Å². The normalized spacial score (nSPS) is 46.2. The van der Waals surface area contributed by atoms with Crippen LogP contribution in [0.4, 0.5) is 0 Å². The average Bonchev–Trinajstić information content (AvgIpc) is 3.22. The molecule has 210 valence electrons. The van der Waals surface area contributed by atoms with Gasteiger partial charge in [0.25, 0.3) is 0 Å². The topological polar surface area (TPSA) is 58.9 Å². The molecule has 11 atom stereocenters. The molecule has 0 amide bonds. The molecule has 0 unspecified atom stereocenters. The molecule has 3 saturated carbocycles. The highest BCUT2D eigenvalue weighted by Crippen LogP contribution is 2.67. The number of allylic oxidation sites excluding steroid dienone is 1. The molecule has 0 aromatic heterocycles. The van der Waals surface area contributed by atoms with Crippen LogP contribution < -0.4 is 0 Å². The van der Waals surface area contributed by atoms with E-state index >= 15 is 0 Å². The van der Waals surface area contributed by atoms with Crippen molar-refractivity contribution in [3.63, 3.8) is 0 Å². The molecule has 0 bridgehead atoms. The summed E-state index contributed by atoms with van der Waals surface area (Å²) >= 11 is 0. The van der Waals surface area contributed by atoms with Crippen molar-refractivity contribution in [1.82, 2.24) is 0 Å². The van der Waals surface area contributed by atoms with Gasteiger partial charge in [0.15, 0.2) is 6.29 Å². The average molecular weight is 515 g/mol. The van der Waals surface area contributed by atoms with E-state index in [1.54, 1.807) is 17.7 Å². The van der Waals surface area contributed by atoms with E-state index in [-0.39, 0.29) is 12.7 Å². The number of hydrogen-bond donors (Lipinski definition) is 2. The molecule has 4 heteroatoms. The first-order valence-electron chi connectivity index (χ1n) is 15.6. The molecule has 2 N–H and O–H groups in total. The van der Waals surface area contributed by atoms with E-state index in [9.17, 15) is 10.2 Å². The molecule has 4 aliphatic carbocycles. The molecule has 1 heterocycles. The van der Waals surface area contributed by atoms with Gasteiger partial charge in [0.05, 0.1) is 12.7 Å². The molecular weight excluding hydrogens is 460 g/mol. The number of fused-ring (bicyclic) bond motifs is 5.